The number of anilines is 1. The first kappa shape index (κ1) is 29.7. The summed E-state index contributed by atoms with van der Waals surface area (Å²) < 4.78 is 65.9. The van der Waals surface area contributed by atoms with Crippen LogP contribution in [0.25, 0.3) is 10.8 Å². The highest BCUT2D eigenvalue weighted by molar-refractivity contribution is 7.87. The molecule has 0 bridgehead atoms. The Kier molecular flexibility index (Phi) is 9.63. The Morgan fingerprint density at radius 3 is 2.34 bits per heavy atom. The van der Waals surface area contributed by atoms with E-state index in [1.54, 1.807) is 0 Å². The Bertz CT molecular complexity index is 1440. The van der Waals surface area contributed by atoms with Gasteiger partial charge < -0.3 is 26.3 Å². The second-order valence-electron chi connectivity index (χ2n) is 8.46. The van der Waals surface area contributed by atoms with Crippen LogP contribution in [0.5, 0.6) is 5.75 Å². The number of nitrogens with one attached hydrogen (secondary N) is 2. The van der Waals surface area contributed by atoms with Crippen LogP contribution in [0, 0.1) is 0 Å². The summed E-state index contributed by atoms with van der Waals surface area (Å²) >= 11 is 0. The highest BCUT2D eigenvalue weighted by atomic mass is 32.2. The van der Waals surface area contributed by atoms with Crippen LogP contribution < -0.4 is 16.3 Å². The van der Waals surface area contributed by atoms with Crippen molar-refractivity contribution in [2.75, 3.05) is 58.1 Å². The molecule has 0 saturated carbocycles. The number of nitrogen functional groups attached to an aromatic ring is 1. The molecule has 0 atom stereocenters. The molecule has 1 aliphatic rings. The largest absolute Gasteiger partial charge is 0.505 e. The number of rotatable bonds is 8. The fourth-order valence-electron chi connectivity index (χ4n) is 3.98. The summed E-state index contributed by atoms with van der Waals surface area (Å²) in [6.07, 6.45) is 0. The van der Waals surface area contributed by atoms with Gasteiger partial charge in [-0.05, 0) is 18.7 Å². The average molecular weight is 570 g/mol. The molecule has 0 spiro atoms. The van der Waals surface area contributed by atoms with Crippen LogP contribution in [0.2, 0.25) is 0 Å². The van der Waals surface area contributed by atoms with Crippen LogP contribution in [-0.2, 0) is 25.0 Å². The minimum Gasteiger partial charge on any atom is -0.505 e. The molecule has 15 nitrogen and oxygen atoms in total. The van der Waals surface area contributed by atoms with Gasteiger partial charge in [-0.3, -0.25) is 18.8 Å². The number of carbonyl (C=O) groups is 1. The van der Waals surface area contributed by atoms with E-state index in [9.17, 15) is 35.8 Å². The maximum Gasteiger partial charge on any atom is 0.440 e. The van der Waals surface area contributed by atoms with Crippen LogP contribution in [0.3, 0.4) is 0 Å². The van der Waals surface area contributed by atoms with Crippen LogP contribution in [0.15, 0.2) is 38.1 Å². The number of hydrogen-bond acceptors (Lipinski definition) is 12. The summed E-state index contributed by atoms with van der Waals surface area (Å²) in [5, 5.41) is 23.1. The van der Waals surface area contributed by atoms with Gasteiger partial charge in [0.1, 0.15) is 15.5 Å². The number of carbonyl (C=O) groups excluding carboxylic acids is 1. The zero-order chi connectivity index (χ0) is 28.1. The molecule has 2 aromatic rings. The Balaban J connectivity index is 1.75. The number of aromatic hydroxyl groups is 1. The Labute approximate surface area is 220 Å². The lowest BCUT2D eigenvalue weighted by Gasteiger charge is -2.24. The van der Waals surface area contributed by atoms with Crippen molar-refractivity contribution in [2.45, 2.75) is 16.7 Å². The minimum atomic E-state index is -5.02. The predicted octanol–water partition coefficient (Wildman–Crippen LogP) is -0.418. The van der Waals surface area contributed by atoms with E-state index < -0.39 is 46.9 Å². The van der Waals surface area contributed by atoms with Gasteiger partial charge in [-0.2, -0.15) is 21.9 Å². The van der Waals surface area contributed by atoms with Gasteiger partial charge in [0.05, 0.1) is 17.6 Å². The topological polar surface area (TPSA) is 227 Å². The van der Waals surface area contributed by atoms with E-state index in [-0.39, 0.29) is 23.5 Å². The van der Waals surface area contributed by atoms with E-state index in [0.29, 0.717) is 19.2 Å². The molecule has 1 radical (unpaired) electrons. The van der Waals surface area contributed by atoms with Crippen LogP contribution in [0.1, 0.15) is 6.92 Å². The minimum absolute atomic E-state index is 0.125. The van der Waals surface area contributed by atoms with Gasteiger partial charge in [0.2, 0.25) is 5.91 Å². The fraction of sp³-hybridized carbons (Fsp3) is 0.450. The molecule has 0 aliphatic carbocycles. The monoisotopic (exact) mass is 570 g/mol. The molecule has 1 amide bonds. The molecule has 38 heavy (non-hydrogen) atoms. The van der Waals surface area contributed by atoms with E-state index >= 15 is 0 Å². The molecule has 0 aromatic heterocycles. The summed E-state index contributed by atoms with van der Waals surface area (Å²) in [4.78, 5) is 14.7. The lowest BCUT2D eigenvalue weighted by Crippen LogP contribution is -2.42. The van der Waals surface area contributed by atoms with Gasteiger partial charge in [0.15, 0.2) is 5.75 Å². The van der Waals surface area contributed by atoms with Gasteiger partial charge in [0, 0.05) is 44.7 Å². The van der Waals surface area contributed by atoms with Crippen LogP contribution in [0.4, 0.5) is 11.4 Å². The standard InChI is InChI=1S/C20H29BN7O8S2/c1-2-27-7-5-23-6-8-28(10-9-27)12-17(29)24-21-26-25-14-4-3-13-15(37(31,32)33)11-16(38(34,35)36)19(22)18(13)20(14)30/h3-4,11,23,30H,2,5-10,12,22H2,1H3,(H,24,29)(H,31,32,33)(H,34,35,36). The number of phenols is 1. The Hall–Kier alpha value is -2.87. The van der Waals surface area contributed by atoms with Gasteiger partial charge in [0.25, 0.3) is 20.2 Å². The molecule has 3 rings (SSSR count). The maximum absolute atomic E-state index is 12.4. The van der Waals surface area contributed by atoms with Crippen molar-refractivity contribution in [3.8, 4) is 5.75 Å². The third-order valence-electron chi connectivity index (χ3n) is 5.98. The van der Waals surface area contributed by atoms with Crippen LogP contribution in [-0.4, -0.2) is 107 Å². The molecule has 7 N–H and O–H groups in total. The molecule has 1 aliphatic heterocycles. The van der Waals surface area contributed by atoms with Crippen molar-refractivity contribution in [1.82, 2.24) is 20.3 Å². The number of benzene rings is 2. The van der Waals surface area contributed by atoms with E-state index in [2.05, 4.69) is 32.5 Å². The zero-order valence-corrected chi connectivity index (χ0v) is 22.2. The summed E-state index contributed by atoms with van der Waals surface area (Å²) in [5.41, 5.74) is 4.87. The smallest absolute Gasteiger partial charge is 0.440 e. The zero-order valence-electron chi connectivity index (χ0n) is 20.5. The average Bonchev–Trinajstić information content (AvgIpc) is 2.93. The number of hydrogen-bond donors (Lipinski definition) is 6. The Morgan fingerprint density at radius 1 is 1.08 bits per heavy atom. The number of phenolic OH excluding ortho intramolecular Hbond substituents is 1. The highest BCUT2D eigenvalue weighted by Gasteiger charge is 2.26. The van der Waals surface area contributed by atoms with Gasteiger partial charge >= 0.3 is 7.55 Å². The number of nitrogens with zero attached hydrogens (tertiary/aromatic N) is 4. The second kappa shape index (κ2) is 12.3. The summed E-state index contributed by atoms with van der Waals surface area (Å²) in [7, 11) is -8.99. The number of amides is 1. The third-order valence-corrected chi connectivity index (χ3v) is 7.77. The lowest BCUT2D eigenvalue weighted by atomic mass is 10.1. The first-order valence-electron chi connectivity index (χ1n) is 11.5. The normalized spacial score (nSPS) is 16.7. The molecule has 1 heterocycles. The Morgan fingerprint density at radius 2 is 1.71 bits per heavy atom. The summed E-state index contributed by atoms with van der Waals surface area (Å²) in [5.74, 6) is -1.10. The van der Waals surface area contributed by atoms with Crippen molar-refractivity contribution < 1.29 is 35.8 Å². The quantitative estimate of drug-likeness (QED) is 0.103. The summed E-state index contributed by atoms with van der Waals surface area (Å²) in [6.45, 7) is 7.92. The van der Waals surface area contributed by atoms with Crippen molar-refractivity contribution >= 4 is 55.8 Å². The van der Waals surface area contributed by atoms with E-state index in [1.165, 1.54) is 0 Å². The first-order chi connectivity index (χ1) is 17.8. The lowest BCUT2D eigenvalue weighted by molar-refractivity contribution is -0.120. The molecular formula is C20H29BN7O8S2. The second-order valence-corrected chi connectivity index (χ2v) is 11.2. The van der Waals surface area contributed by atoms with Crippen molar-refractivity contribution in [2.24, 2.45) is 10.1 Å². The summed E-state index contributed by atoms with van der Waals surface area (Å²) in [6, 6.07) is 2.75. The molecule has 1 fully saturated rings. The molecule has 0 unspecified atom stereocenters. The molecule has 207 valence electrons. The molecule has 18 heteroatoms. The SMILES string of the molecule is CCN1CCNCCN(CC(=O)N[B]N=Nc2ccc3c(S(=O)(=O)O)cc(S(=O)(=O)O)c(N)c3c2O)CC1. The molecule has 1 saturated heterocycles. The van der Waals surface area contributed by atoms with Gasteiger partial charge in [-0.25, -0.2) is 5.03 Å². The third kappa shape index (κ3) is 7.37. The van der Waals surface area contributed by atoms with E-state index in [1.807, 2.05) is 4.90 Å². The van der Waals surface area contributed by atoms with Crippen molar-refractivity contribution in [1.29, 1.82) is 0 Å². The van der Waals surface area contributed by atoms with E-state index in [0.717, 1.165) is 52.4 Å². The van der Waals surface area contributed by atoms with Crippen LogP contribution >= 0.6 is 0 Å². The first-order valence-corrected chi connectivity index (χ1v) is 14.4. The number of nitrogens with two attached hydrogens (primary N) is 1. The van der Waals surface area contributed by atoms with Crippen molar-refractivity contribution in [3.63, 3.8) is 0 Å². The molecular weight excluding hydrogens is 541 g/mol. The predicted molar refractivity (Wildman–Crippen MR) is 139 cm³/mol. The van der Waals surface area contributed by atoms with Gasteiger partial charge in [-0.15, -0.1) is 0 Å². The maximum atomic E-state index is 12.4. The van der Waals surface area contributed by atoms with E-state index in [4.69, 9.17) is 5.73 Å². The number of fused-ring (bicyclic) bond motifs is 1. The fourth-order valence-corrected chi connectivity index (χ4v) is 5.42. The van der Waals surface area contributed by atoms with Crippen molar-refractivity contribution in [3.05, 3.63) is 18.2 Å². The molecule has 2 aromatic carbocycles. The highest BCUT2D eigenvalue weighted by Crippen LogP contribution is 2.43. The number of likely N-dealkylation sites (N-methyl/N-ethyl adjacent to an activating group) is 1. The van der Waals surface area contributed by atoms with Gasteiger partial charge in [-0.1, -0.05) is 13.0 Å².